The molecule has 0 aliphatic carbocycles. The van der Waals surface area contributed by atoms with Gasteiger partial charge in [0.15, 0.2) is 0 Å². The minimum atomic E-state index is -0.553. The van der Waals surface area contributed by atoms with Gasteiger partial charge < -0.3 is 21.1 Å². The summed E-state index contributed by atoms with van der Waals surface area (Å²) in [5.74, 6) is -1.46. The van der Waals surface area contributed by atoms with Gasteiger partial charge in [-0.3, -0.25) is 14.5 Å². The molecule has 26 heavy (non-hydrogen) atoms. The Morgan fingerprint density at radius 2 is 1.96 bits per heavy atom. The molecule has 1 aliphatic heterocycles. The molecule has 1 aromatic rings. The van der Waals surface area contributed by atoms with E-state index in [2.05, 4.69) is 15.5 Å². The fourth-order valence-corrected chi connectivity index (χ4v) is 2.49. The van der Waals surface area contributed by atoms with Gasteiger partial charge >= 0.3 is 0 Å². The molecule has 1 fully saturated rings. The Morgan fingerprint density at radius 3 is 2.62 bits per heavy atom. The zero-order chi connectivity index (χ0) is 19.1. The normalized spacial score (nSPS) is 17.4. The van der Waals surface area contributed by atoms with Gasteiger partial charge in [-0.1, -0.05) is 6.92 Å². The number of nitrogens with zero attached hydrogens (tertiary/aromatic N) is 1. The Balaban J connectivity index is 1.91. The smallest absolute Gasteiger partial charge is 0.228 e. The number of rotatable bonds is 7. The summed E-state index contributed by atoms with van der Waals surface area (Å²) in [5, 5.41) is 5.26. The van der Waals surface area contributed by atoms with E-state index < -0.39 is 5.82 Å². The predicted molar refractivity (Wildman–Crippen MR) is 98.3 cm³/mol. The van der Waals surface area contributed by atoms with Crippen LogP contribution in [0.15, 0.2) is 18.2 Å². The van der Waals surface area contributed by atoms with Crippen molar-refractivity contribution in [1.29, 1.82) is 0 Å². The number of halogens is 1. The first-order valence-corrected chi connectivity index (χ1v) is 8.82. The summed E-state index contributed by atoms with van der Waals surface area (Å²) in [5.41, 5.74) is 6.17. The van der Waals surface area contributed by atoms with Crippen molar-refractivity contribution in [2.45, 2.75) is 26.3 Å². The maximum atomic E-state index is 14.0. The van der Waals surface area contributed by atoms with Crippen LogP contribution in [0.4, 0.5) is 15.8 Å². The summed E-state index contributed by atoms with van der Waals surface area (Å²) in [4.78, 5) is 26.3. The van der Waals surface area contributed by atoms with Gasteiger partial charge in [-0.25, -0.2) is 4.39 Å². The second-order valence-electron chi connectivity index (χ2n) is 6.58. The molecule has 2 amide bonds. The molecule has 1 saturated heterocycles. The number of morpholine rings is 1. The van der Waals surface area contributed by atoms with E-state index >= 15 is 0 Å². The summed E-state index contributed by atoms with van der Waals surface area (Å²) in [6, 6.07) is 3.77. The van der Waals surface area contributed by atoms with E-state index in [4.69, 9.17) is 10.5 Å². The number of anilines is 2. The van der Waals surface area contributed by atoms with E-state index in [-0.39, 0.29) is 35.9 Å². The van der Waals surface area contributed by atoms with Crippen LogP contribution in [-0.2, 0) is 14.3 Å². The molecule has 8 heteroatoms. The number of benzene rings is 1. The molecule has 144 valence electrons. The molecule has 0 bridgehead atoms. The van der Waals surface area contributed by atoms with Crippen LogP contribution < -0.4 is 16.4 Å². The molecular formula is C18H27FN4O3. The van der Waals surface area contributed by atoms with Crippen molar-refractivity contribution in [3.63, 3.8) is 0 Å². The molecule has 1 aliphatic rings. The summed E-state index contributed by atoms with van der Waals surface area (Å²) in [6.45, 7) is 6.98. The SMILES string of the molecule is CC(N)C(C)C(=O)Nc1ccc(F)c(NC(=O)CCN2CCOCC2)c1. The number of hydrogen-bond donors (Lipinski definition) is 3. The molecule has 2 atom stereocenters. The lowest BCUT2D eigenvalue weighted by Crippen LogP contribution is -2.38. The molecule has 1 heterocycles. The van der Waals surface area contributed by atoms with Crippen LogP contribution in [0.25, 0.3) is 0 Å². The zero-order valence-electron chi connectivity index (χ0n) is 15.3. The molecule has 2 rings (SSSR count). The number of ether oxygens (including phenoxy) is 1. The van der Waals surface area contributed by atoms with Gasteiger partial charge in [-0.05, 0) is 25.1 Å². The Labute approximate surface area is 153 Å². The first kappa shape index (κ1) is 20.3. The topological polar surface area (TPSA) is 96.7 Å². The number of nitrogens with two attached hydrogens (primary N) is 1. The van der Waals surface area contributed by atoms with Crippen LogP contribution in [0.3, 0.4) is 0 Å². The third-order valence-electron chi connectivity index (χ3n) is 4.47. The second kappa shape index (κ2) is 9.61. The quantitative estimate of drug-likeness (QED) is 0.678. The molecule has 7 nitrogen and oxygen atoms in total. The highest BCUT2D eigenvalue weighted by Crippen LogP contribution is 2.20. The fourth-order valence-electron chi connectivity index (χ4n) is 2.49. The van der Waals surface area contributed by atoms with Gasteiger partial charge in [0.1, 0.15) is 5.82 Å². The van der Waals surface area contributed by atoms with Gasteiger partial charge in [-0.15, -0.1) is 0 Å². The van der Waals surface area contributed by atoms with Gasteiger partial charge in [0.2, 0.25) is 11.8 Å². The summed E-state index contributed by atoms with van der Waals surface area (Å²) < 4.78 is 19.2. The highest BCUT2D eigenvalue weighted by Gasteiger charge is 2.18. The average Bonchev–Trinajstić information content (AvgIpc) is 2.62. The highest BCUT2D eigenvalue weighted by molar-refractivity contribution is 5.95. The highest BCUT2D eigenvalue weighted by atomic mass is 19.1. The van der Waals surface area contributed by atoms with E-state index in [1.54, 1.807) is 13.8 Å². The first-order chi connectivity index (χ1) is 12.4. The van der Waals surface area contributed by atoms with Crippen LogP contribution in [0.1, 0.15) is 20.3 Å². The largest absolute Gasteiger partial charge is 0.379 e. The lowest BCUT2D eigenvalue weighted by Gasteiger charge is -2.26. The van der Waals surface area contributed by atoms with Crippen molar-refractivity contribution in [2.75, 3.05) is 43.5 Å². The van der Waals surface area contributed by atoms with Crippen molar-refractivity contribution < 1.29 is 18.7 Å². The van der Waals surface area contributed by atoms with E-state index in [0.29, 0.717) is 25.4 Å². The third-order valence-corrected chi connectivity index (χ3v) is 4.47. The molecule has 0 radical (unpaired) electrons. The number of carbonyl (C=O) groups excluding carboxylic acids is 2. The lowest BCUT2D eigenvalue weighted by molar-refractivity contribution is -0.120. The van der Waals surface area contributed by atoms with Gasteiger partial charge in [0.05, 0.1) is 24.8 Å². The van der Waals surface area contributed by atoms with Crippen LogP contribution >= 0.6 is 0 Å². The van der Waals surface area contributed by atoms with E-state index in [1.165, 1.54) is 18.2 Å². The maximum Gasteiger partial charge on any atom is 0.228 e. The molecule has 0 aromatic heterocycles. The maximum absolute atomic E-state index is 14.0. The van der Waals surface area contributed by atoms with Crippen molar-refractivity contribution in [3.05, 3.63) is 24.0 Å². The molecule has 4 N–H and O–H groups in total. The van der Waals surface area contributed by atoms with Crippen molar-refractivity contribution in [2.24, 2.45) is 11.7 Å². The molecule has 2 unspecified atom stereocenters. The van der Waals surface area contributed by atoms with Gasteiger partial charge in [-0.2, -0.15) is 0 Å². The predicted octanol–water partition coefficient (Wildman–Crippen LogP) is 1.41. The number of nitrogens with one attached hydrogen (secondary N) is 2. The van der Waals surface area contributed by atoms with Crippen molar-refractivity contribution in [3.8, 4) is 0 Å². The first-order valence-electron chi connectivity index (χ1n) is 8.82. The number of amides is 2. The van der Waals surface area contributed by atoms with Gasteiger partial charge in [0.25, 0.3) is 0 Å². The van der Waals surface area contributed by atoms with E-state index in [9.17, 15) is 14.0 Å². The molecule has 1 aromatic carbocycles. The molecule has 0 saturated carbocycles. The van der Waals surface area contributed by atoms with E-state index in [1.807, 2.05) is 0 Å². The fraction of sp³-hybridized carbons (Fsp3) is 0.556. The second-order valence-corrected chi connectivity index (χ2v) is 6.58. The molecule has 0 spiro atoms. The summed E-state index contributed by atoms with van der Waals surface area (Å²) in [7, 11) is 0. The Hall–Kier alpha value is -2.03. The summed E-state index contributed by atoms with van der Waals surface area (Å²) in [6.07, 6.45) is 0.262. The Bertz CT molecular complexity index is 633. The zero-order valence-corrected chi connectivity index (χ0v) is 15.3. The average molecular weight is 366 g/mol. The summed E-state index contributed by atoms with van der Waals surface area (Å²) >= 11 is 0. The number of hydrogen-bond acceptors (Lipinski definition) is 5. The monoisotopic (exact) mass is 366 g/mol. The Kier molecular flexibility index (Phi) is 7.50. The van der Waals surface area contributed by atoms with Gasteiger partial charge in [0, 0.05) is 37.8 Å². The Morgan fingerprint density at radius 1 is 1.27 bits per heavy atom. The van der Waals surface area contributed by atoms with Crippen LogP contribution in [0, 0.1) is 11.7 Å². The minimum absolute atomic E-state index is 0.0447. The van der Waals surface area contributed by atoms with Crippen LogP contribution in [0.5, 0.6) is 0 Å². The lowest BCUT2D eigenvalue weighted by atomic mass is 10.0. The van der Waals surface area contributed by atoms with Crippen molar-refractivity contribution in [1.82, 2.24) is 4.90 Å². The van der Waals surface area contributed by atoms with Crippen LogP contribution in [0.2, 0.25) is 0 Å². The molecular weight excluding hydrogens is 339 g/mol. The van der Waals surface area contributed by atoms with Crippen LogP contribution in [-0.4, -0.2) is 55.6 Å². The minimum Gasteiger partial charge on any atom is -0.379 e. The van der Waals surface area contributed by atoms with Crippen molar-refractivity contribution >= 4 is 23.2 Å². The standard InChI is InChI=1S/C18H27FN4O3/c1-12(13(2)20)18(25)21-14-3-4-15(19)16(11-14)22-17(24)5-6-23-7-9-26-10-8-23/h3-4,11-13H,5-10,20H2,1-2H3,(H,21,25)(H,22,24). The van der Waals surface area contributed by atoms with E-state index in [0.717, 1.165) is 13.1 Å². The third kappa shape index (κ3) is 6.05. The number of carbonyl (C=O) groups is 2.